The van der Waals surface area contributed by atoms with Crippen molar-refractivity contribution in [3.63, 3.8) is 0 Å². The van der Waals surface area contributed by atoms with Crippen LogP contribution >= 0.6 is 12.2 Å². The molecule has 108 valence electrons. The fraction of sp³-hybridized carbons (Fsp3) is 0.500. The molecule has 0 unspecified atom stereocenters. The summed E-state index contributed by atoms with van der Waals surface area (Å²) in [5, 5.41) is 8.32. The number of hydrogen-bond acceptors (Lipinski definition) is 2. The predicted molar refractivity (Wildman–Crippen MR) is 89.2 cm³/mol. The smallest absolute Gasteiger partial charge is 0.186 e. The van der Waals surface area contributed by atoms with Crippen LogP contribution in [0.3, 0.4) is 0 Å². The van der Waals surface area contributed by atoms with E-state index < -0.39 is 0 Å². The number of unbranched alkanes of at least 4 members (excludes halogenated alkanes) is 1. The number of hydrogen-bond donors (Lipinski definition) is 2. The zero-order valence-electron chi connectivity index (χ0n) is 12.1. The van der Waals surface area contributed by atoms with Gasteiger partial charge in [0, 0.05) is 12.1 Å². The Morgan fingerprint density at radius 3 is 2.90 bits per heavy atom. The monoisotopic (exact) mass is 289 g/mol. The highest BCUT2D eigenvalue weighted by Gasteiger charge is 2.13. The minimum Gasteiger partial charge on any atom is -0.361 e. The van der Waals surface area contributed by atoms with Crippen molar-refractivity contribution >= 4 is 23.0 Å². The summed E-state index contributed by atoms with van der Waals surface area (Å²) in [6, 6.07) is 8.55. The second kappa shape index (κ2) is 8.00. The molecule has 4 heteroatoms. The molecule has 0 heterocycles. The molecule has 3 nitrogen and oxygen atoms in total. The van der Waals surface area contributed by atoms with Crippen molar-refractivity contribution in [1.29, 1.82) is 0 Å². The van der Waals surface area contributed by atoms with Crippen LogP contribution in [-0.2, 0) is 6.42 Å². The Morgan fingerprint density at radius 1 is 1.25 bits per heavy atom. The van der Waals surface area contributed by atoms with E-state index in [2.05, 4.69) is 47.0 Å². The summed E-state index contributed by atoms with van der Waals surface area (Å²) in [4.78, 5) is 0. The highest BCUT2D eigenvalue weighted by Crippen LogP contribution is 2.20. The number of benzene rings is 1. The van der Waals surface area contributed by atoms with Crippen molar-refractivity contribution in [3.05, 3.63) is 35.4 Å². The zero-order valence-corrected chi connectivity index (χ0v) is 12.9. The third-order valence-electron chi connectivity index (χ3n) is 3.55. The van der Waals surface area contributed by atoms with Crippen LogP contribution in [0.25, 0.3) is 0 Å². The molecule has 2 rings (SSSR count). The third-order valence-corrected chi connectivity index (χ3v) is 3.78. The van der Waals surface area contributed by atoms with Crippen molar-refractivity contribution in [1.82, 2.24) is 10.7 Å². The quantitative estimate of drug-likeness (QED) is 0.386. The normalized spacial score (nSPS) is 16.4. The number of nitrogens with zero attached hydrogens (tertiary/aromatic N) is 1. The van der Waals surface area contributed by atoms with Gasteiger partial charge in [-0.2, -0.15) is 5.10 Å². The van der Waals surface area contributed by atoms with Gasteiger partial charge in [0.05, 0.1) is 5.71 Å². The van der Waals surface area contributed by atoms with Crippen LogP contribution in [0, 0.1) is 0 Å². The average molecular weight is 289 g/mol. The van der Waals surface area contributed by atoms with Gasteiger partial charge in [0.2, 0.25) is 0 Å². The molecule has 0 aromatic heterocycles. The average Bonchev–Trinajstić information content (AvgIpc) is 2.68. The van der Waals surface area contributed by atoms with Crippen LogP contribution in [0.5, 0.6) is 0 Å². The molecular formula is C16H23N3S. The second-order valence-corrected chi connectivity index (χ2v) is 5.55. The Bertz CT molecular complexity index is 482. The van der Waals surface area contributed by atoms with E-state index >= 15 is 0 Å². The molecule has 0 saturated heterocycles. The molecule has 1 aromatic carbocycles. The second-order valence-electron chi connectivity index (χ2n) is 5.14. The minimum atomic E-state index is 0.618. The van der Waals surface area contributed by atoms with Gasteiger partial charge in [-0.1, -0.05) is 37.6 Å². The highest BCUT2D eigenvalue weighted by molar-refractivity contribution is 7.80. The predicted octanol–water partition coefficient (Wildman–Crippen LogP) is 3.38. The van der Waals surface area contributed by atoms with Crippen LogP contribution in [0.1, 0.15) is 50.2 Å². The first-order chi connectivity index (χ1) is 9.81. The standard InChI is InChI=1S/C16H23N3S/c1-2-3-12-17-16(20)19-18-15-11-7-5-9-13-8-4-6-10-14(13)15/h4,6,8,10H,2-3,5,7,9,11-12H2,1H3,(H2,17,19,20)/b18-15-. The van der Waals surface area contributed by atoms with Crippen molar-refractivity contribution in [3.8, 4) is 0 Å². The van der Waals surface area contributed by atoms with Crippen molar-refractivity contribution < 1.29 is 0 Å². The molecule has 0 amide bonds. The van der Waals surface area contributed by atoms with Gasteiger partial charge in [-0.15, -0.1) is 0 Å². The van der Waals surface area contributed by atoms with E-state index in [-0.39, 0.29) is 0 Å². The molecule has 0 bridgehead atoms. The van der Waals surface area contributed by atoms with Gasteiger partial charge >= 0.3 is 0 Å². The first-order valence-electron chi connectivity index (χ1n) is 7.50. The maximum absolute atomic E-state index is 5.24. The maximum Gasteiger partial charge on any atom is 0.186 e. The molecule has 0 aliphatic heterocycles. The van der Waals surface area contributed by atoms with Gasteiger partial charge in [-0.3, -0.25) is 5.43 Å². The molecule has 20 heavy (non-hydrogen) atoms. The highest BCUT2D eigenvalue weighted by atomic mass is 32.1. The lowest BCUT2D eigenvalue weighted by Gasteiger charge is -2.10. The van der Waals surface area contributed by atoms with Crippen LogP contribution in [0.4, 0.5) is 0 Å². The van der Waals surface area contributed by atoms with E-state index in [1.807, 2.05) is 0 Å². The zero-order chi connectivity index (χ0) is 14.2. The Balaban J connectivity index is 2.00. The summed E-state index contributed by atoms with van der Waals surface area (Å²) in [6.45, 7) is 3.07. The fourth-order valence-corrected chi connectivity index (χ4v) is 2.56. The number of hydrazone groups is 1. The van der Waals surface area contributed by atoms with E-state index in [0.717, 1.165) is 37.9 Å². The SMILES string of the molecule is CCCCNC(=S)N/N=C1/CCCCc2ccccc21. The molecule has 0 radical (unpaired) electrons. The summed E-state index contributed by atoms with van der Waals surface area (Å²) >= 11 is 5.24. The number of rotatable bonds is 4. The number of nitrogens with one attached hydrogen (secondary N) is 2. The molecule has 1 aromatic rings. The Morgan fingerprint density at radius 2 is 2.05 bits per heavy atom. The van der Waals surface area contributed by atoms with Crippen molar-refractivity contribution in [2.45, 2.75) is 45.4 Å². The van der Waals surface area contributed by atoms with E-state index in [4.69, 9.17) is 12.2 Å². The molecule has 0 spiro atoms. The molecule has 1 aliphatic carbocycles. The van der Waals surface area contributed by atoms with Crippen LogP contribution in [0.2, 0.25) is 0 Å². The number of thiocarbonyl (C=S) groups is 1. The first kappa shape index (κ1) is 15.0. The number of fused-ring (bicyclic) bond motifs is 1. The molecule has 1 aliphatic rings. The minimum absolute atomic E-state index is 0.618. The lowest BCUT2D eigenvalue weighted by Crippen LogP contribution is -2.33. The van der Waals surface area contributed by atoms with E-state index in [1.54, 1.807) is 0 Å². The molecule has 0 saturated carbocycles. The van der Waals surface area contributed by atoms with Gasteiger partial charge < -0.3 is 5.32 Å². The lowest BCUT2D eigenvalue weighted by molar-refractivity contribution is 0.743. The van der Waals surface area contributed by atoms with E-state index in [1.165, 1.54) is 24.0 Å². The van der Waals surface area contributed by atoms with Crippen molar-refractivity contribution in [2.75, 3.05) is 6.54 Å². The number of aryl methyl sites for hydroxylation is 1. The molecule has 2 N–H and O–H groups in total. The molecular weight excluding hydrogens is 266 g/mol. The fourth-order valence-electron chi connectivity index (χ4n) is 2.42. The summed E-state index contributed by atoms with van der Waals surface area (Å²) in [7, 11) is 0. The largest absolute Gasteiger partial charge is 0.361 e. The Hall–Kier alpha value is -1.42. The third kappa shape index (κ3) is 4.30. The first-order valence-corrected chi connectivity index (χ1v) is 7.90. The summed E-state index contributed by atoms with van der Waals surface area (Å²) < 4.78 is 0. The molecule has 0 atom stereocenters. The van der Waals surface area contributed by atoms with Crippen LogP contribution in [-0.4, -0.2) is 17.4 Å². The summed E-state index contributed by atoms with van der Waals surface area (Å²) in [6.07, 6.45) is 6.87. The van der Waals surface area contributed by atoms with Gasteiger partial charge in [0.1, 0.15) is 0 Å². The van der Waals surface area contributed by atoms with Gasteiger partial charge in [0.15, 0.2) is 5.11 Å². The summed E-state index contributed by atoms with van der Waals surface area (Å²) in [5.41, 5.74) is 6.78. The van der Waals surface area contributed by atoms with Crippen LogP contribution in [0.15, 0.2) is 29.4 Å². The Kier molecular flexibility index (Phi) is 5.99. The van der Waals surface area contributed by atoms with Gasteiger partial charge in [-0.05, 0) is 49.9 Å². The maximum atomic E-state index is 5.24. The summed E-state index contributed by atoms with van der Waals surface area (Å²) in [5.74, 6) is 0. The lowest BCUT2D eigenvalue weighted by atomic mass is 10.0. The van der Waals surface area contributed by atoms with E-state index in [0.29, 0.717) is 5.11 Å². The topological polar surface area (TPSA) is 36.4 Å². The van der Waals surface area contributed by atoms with Gasteiger partial charge in [0.25, 0.3) is 0 Å². The molecule has 0 fully saturated rings. The van der Waals surface area contributed by atoms with Crippen molar-refractivity contribution in [2.24, 2.45) is 5.10 Å². The van der Waals surface area contributed by atoms with Gasteiger partial charge in [-0.25, -0.2) is 0 Å². The van der Waals surface area contributed by atoms with E-state index in [9.17, 15) is 0 Å². The Labute approximate surface area is 126 Å². The van der Waals surface area contributed by atoms with Crippen LogP contribution < -0.4 is 10.7 Å².